The van der Waals surface area contributed by atoms with Crippen molar-refractivity contribution in [2.45, 2.75) is 26.8 Å². The zero-order chi connectivity index (χ0) is 20.8. The standard InChI is InChI=1S/C22H19BrN6O/c1-13-7-20-26-11-18(23)22(30)29(20)27-21(13)28-6-5-19-17(12-28)8-16(10-25-19)15-4-3-14(2)24-9-15/h3-4,7-11H,5-6,12H2,1-2H3. The lowest BCUT2D eigenvalue weighted by atomic mass is 10.0. The average Bonchev–Trinajstić information content (AvgIpc) is 2.76. The molecule has 0 aliphatic carbocycles. The normalized spacial score (nSPS) is 13.5. The van der Waals surface area contributed by atoms with Gasteiger partial charge in [0.15, 0.2) is 11.5 Å². The van der Waals surface area contributed by atoms with Crippen LogP contribution in [0.4, 0.5) is 5.82 Å². The van der Waals surface area contributed by atoms with Gasteiger partial charge in [0.05, 0.1) is 0 Å². The first-order valence-electron chi connectivity index (χ1n) is 9.70. The number of hydrogen-bond acceptors (Lipinski definition) is 6. The van der Waals surface area contributed by atoms with Crippen molar-refractivity contribution in [3.05, 3.63) is 80.2 Å². The number of nitrogens with zero attached hydrogens (tertiary/aromatic N) is 6. The molecule has 0 bridgehead atoms. The van der Waals surface area contributed by atoms with Gasteiger partial charge < -0.3 is 4.90 Å². The summed E-state index contributed by atoms with van der Waals surface area (Å²) in [6.45, 7) is 5.45. The fraction of sp³-hybridized carbons (Fsp3) is 0.227. The Morgan fingerprint density at radius 1 is 1.00 bits per heavy atom. The second-order valence-electron chi connectivity index (χ2n) is 7.52. The monoisotopic (exact) mass is 462 g/mol. The predicted octanol–water partition coefficient (Wildman–Crippen LogP) is 3.49. The van der Waals surface area contributed by atoms with Crippen LogP contribution in [-0.4, -0.2) is 31.1 Å². The van der Waals surface area contributed by atoms with Gasteiger partial charge in [0, 0.05) is 60.6 Å². The van der Waals surface area contributed by atoms with Crippen molar-refractivity contribution in [2.24, 2.45) is 0 Å². The van der Waals surface area contributed by atoms with Gasteiger partial charge in [-0.3, -0.25) is 14.8 Å². The summed E-state index contributed by atoms with van der Waals surface area (Å²) in [5, 5.41) is 4.63. The van der Waals surface area contributed by atoms with E-state index in [9.17, 15) is 4.79 Å². The van der Waals surface area contributed by atoms with Gasteiger partial charge in [0.2, 0.25) is 0 Å². The Morgan fingerprint density at radius 2 is 1.83 bits per heavy atom. The SMILES string of the molecule is Cc1ccc(-c2cnc3c(c2)CN(c2nn4c(=O)c(Br)cnc4cc2C)CC3)cn1. The highest BCUT2D eigenvalue weighted by Gasteiger charge is 2.22. The molecule has 0 fully saturated rings. The summed E-state index contributed by atoms with van der Waals surface area (Å²) in [6.07, 6.45) is 6.14. The third kappa shape index (κ3) is 3.27. The molecule has 0 amide bonds. The van der Waals surface area contributed by atoms with Crippen molar-refractivity contribution < 1.29 is 0 Å². The minimum Gasteiger partial charge on any atom is -0.350 e. The van der Waals surface area contributed by atoms with E-state index in [1.165, 1.54) is 16.3 Å². The Balaban J connectivity index is 1.53. The molecule has 0 atom stereocenters. The van der Waals surface area contributed by atoms with Crippen molar-refractivity contribution in [3.8, 4) is 11.1 Å². The average molecular weight is 463 g/mol. The first-order chi connectivity index (χ1) is 14.5. The molecular formula is C22H19BrN6O. The van der Waals surface area contributed by atoms with Gasteiger partial charge >= 0.3 is 0 Å². The molecule has 0 unspecified atom stereocenters. The predicted molar refractivity (Wildman–Crippen MR) is 119 cm³/mol. The third-order valence-corrected chi connectivity index (χ3v) is 5.94. The highest BCUT2D eigenvalue weighted by molar-refractivity contribution is 9.10. The lowest BCUT2D eigenvalue weighted by Crippen LogP contribution is -2.33. The number of anilines is 1. The maximum Gasteiger partial charge on any atom is 0.288 e. The first-order valence-corrected chi connectivity index (χ1v) is 10.5. The van der Waals surface area contributed by atoms with Gasteiger partial charge in [-0.2, -0.15) is 4.52 Å². The van der Waals surface area contributed by atoms with Crippen molar-refractivity contribution in [1.29, 1.82) is 0 Å². The van der Waals surface area contributed by atoms with Gasteiger partial charge in [0.1, 0.15) is 4.47 Å². The molecule has 0 N–H and O–H groups in total. The van der Waals surface area contributed by atoms with Crippen molar-refractivity contribution in [1.82, 2.24) is 24.6 Å². The van der Waals surface area contributed by atoms with E-state index in [1.807, 2.05) is 38.4 Å². The van der Waals surface area contributed by atoms with Gasteiger partial charge in [-0.15, -0.1) is 5.10 Å². The number of halogens is 1. The lowest BCUT2D eigenvalue weighted by Gasteiger charge is -2.30. The topological polar surface area (TPSA) is 76.3 Å². The number of aromatic nitrogens is 5. The number of aryl methyl sites for hydroxylation is 2. The molecule has 0 saturated heterocycles. The molecule has 30 heavy (non-hydrogen) atoms. The van der Waals surface area contributed by atoms with E-state index in [4.69, 9.17) is 4.98 Å². The highest BCUT2D eigenvalue weighted by Crippen LogP contribution is 2.28. The van der Waals surface area contributed by atoms with Crippen LogP contribution in [0.15, 0.2) is 52.1 Å². The zero-order valence-electron chi connectivity index (χ0n) is 16.6. The molecule has 4 aromatic heterocycles. The minimum atomic E-state index is -0.213. The molecule has 7 nitrogen and oxygen atoms in total. The van der Waals surface area contributed by atoms with Crippen LogP contribution < -0.4 is 10.5 Å². The van der Waals surface area contributed by atoms with Gasteiger partial charge in [-0.05, 0) is 59.1 Å². The van der Waals surface area contributed by atoms with Crippen LogP contribution in [0.1, 0.15) is 22.5 Å². The van der Waals surface area contributed by atoms with Crippen LogP contribution in [0.5, 0.6) is 0 Å². The summed E-state index contributed by atoms with van der Waals surface area (Å²) in [4.78, 5) is 28.1. The molecule has 4 aromatic rings. The fourth-order valence-corrected chi connectivity index (χ4v) is 4.05. The summed E-state index contributed by atoms with van der Waals surface area (Å²) >= 11 is 3.25. The molecule has 5 heterocycles. The van der Waals surface area contributed by atoms with Crippen LogP contribution in [0, 0.1) is 13.8 Å². The van der Waals surface area contributed by atoms with Gasteiger partial charge in [-0.25, -0.2) is 4.98 Å². The Hall–Kier alpha value is -3.13. The molecule has 0 radical (unpaired) electrons. The van der Waals surface area contributed by atoms with E-state index in [2.05, 4.69) is 48.0 Å². The Bertz CT molecular complexity index is 1330. The van der Waals surface area contributed by atoms with Crippen molar-refractivity contribution in [3.63, 3.8) is 0 Å². The smallest absolute Gasteiger partial charge is 0.288 e. The minimum absolute atomic E-state index is 0.213. The second-order valence-corrected chi connectivity index (χ2v) is 8.38. The Labute approximate surface area is 181 Å². The molecule has 0 aromatic carbocycles. The van der Waals surface area contributed by atoms with Crippen molar-refractivity contribution >= 4 is 27.4 Å². The Morgan fingerprint density at radius 3 is 2.63 bits per heavy atom. The molecule has 1 aliphatic rings. The van der Waals surface area contributed by atoms with Crippen LogP contribution in [0.25, 0.3) is 16.8 Å². The maximum atomic E-state index is 12.5. The quantitative estimate of drug-likeness (QED) is 0.453. The summed E-state index contributed by atoms with van der Waals surface area (Å²) in [7, 11) is 0. The fourth-order valence-electron chi connectivity index (χ4n) is 3.78. The molecule has 8 heteroatoms. The summed E-state index contributed by atoms with van der Waals surface area (Å²) in [5.41, 5.74) is 6.68. The number of fused-ring (bicyclic) bond motifs is 2. The third-order valence-electron chi connectivity index (χ3n) is 5.40. The summed E-state index contributed by atoms with van der Waals surface area (Å²) < 4.78 is 1.75. The van der Waals surface area contributed by atoms with Crippen LogP contribution in [0.2, 0.25) is 0 Å². The molecule has 1 aliphatic heterocycles. The van der Waals surface area contributed by atoms with Crippen LogP contribution in [0.3, 0.4) is 0 Å². The highest BCUT2D eigenvalue weighted by atomic mass is 79.9. The molecular weight excluding hydrogens is 444 g/mol. The lowest BCUT2D eigenvalue weighted by molar-refractivity contribution is 0.685. The van der Waals surface area contributed by atoms with E-state index >= 15 is 0 Å². The summed E-state index contributed by atoms with van der Waals surface area (Å²) in [5.74, 6) is 0.789. The number of rotatable bonds is 2. The van der Waals surface area contributed by atoms with E-state index in [0.717, 1.165) is 46.9 Å². The molecule has 0 spiro atoms. The van der Waals surface area contributed by atoms with Crippen LogP contribution >= 0.6 is 15.9 Å². The zero-order valence-corrected chi connectivity index (χ0v) is 18.2. The van der Waals surface area contributed by atoms with E-state index in [1.54, 1.807) is 0 Å². The van der Waals surface area contributed by atoms with E-state index in [-0.39, 0.29) is 5.56 Å². The Kier molecular flexibility index (Phi) is 4.58. The van der Waals surface area contributed by atoms with Crippen LogP contribution in [-0.2, 0) is 13.0 Å². The first kappa shape index (κ1) is 18.9. The summed E-state index contributed by atoms with van der Waals surface area (Å²) in [6, 6.07) is 8.16. The number of pyridine rings is 2. The van der Waals surface area contributed by atoms with E-state index in [0.29, 0.717) is 16.7 Å². The van der Waals surface area contributed by atoms with E-state index < -0.39 is 0 Å². The van der Waals surface area contributed by atoms with Gasteiger partial charge in [-0.1, -0.05) is 6.07 Å². The number of hydrogen-bond donors (Lipinski definition) is 0. The maximum absolute atomic E-state index is 12.5. The molecule has 150 valence electrons. The van der Waals surface area contributed by atoms with Crippen molar-refractivity contribution in [2.75, 3.05) is 11.4 Å². The van der Waals surface area contributed by atoms with Gasteiger partial charge in [0.25, 0.3) is 5.56 Å². The second kappa shape index (κ2) is 7.28. The molecule has 5 rings (SSSR count). The largest absolute Gasteiger partial charge is 0.350 e. The molecule has 0 saturated carbocycles.